The van der Waals surface area contributed by atoms with E-state index in [2.05, 4.69) is 42.6 Å². The maximum Gasteiger partial charge on any atom is 0.123 e. The summed E-state index contributed by atoms with van der Waals surface area (Å²) < 4.78 is 28.7. The molecule has 0 fully saturated rings. The second-order valence-corrected chi connectivity index (χ2v) is 11.3. The molecule has 6 aromatic rings. The van der Waals surface area contributed by atoms with E-state index in [1.54, 1.807) is 24.3 Å². The number of rotatable bonds is 9. The third-order valence-electron chi connectivity index (χ3n) is 8.33. The largest absolute Gasteiger partial charge is 0.370 e. The fourth-order valence-corrected chi connectivity index (χ4v) is 5.93. The normalized spacial score (nSPS) is 11.6. The smallest absolute Gasteiger partial charge is 0.123 e. The van der Waals surface area contributed by atoms with Crippen molar-refractivity contribution in [1.29, 1.82) is 5.26 Å². The Kier molecular flexibility index (Phi) is 9.18. The monoisotopic (exact) mass is 614 g/mol. The van der Waals surface area contributed by atoms with Crippen LogP contribution in [0.1, 0.15) is 40.3 Å². The van der Waals surface area contributed by atoms with E-state index in [9.17, 15) is 14.0 Å². The molecule has 6 rings (SSSR count). The molecule has 0 aliphatic heterocycles. The zero-order valence-electron chi connectivity index (χ0n) is 25.9. The van der Waals surface area contributed by atoms with Crippen molar-refractivity contribution in [1.82, 2.24) is 5.32 Å². The maximum absolute atomic E-state index is 14.5. The molecule has 0 spiro atoms. The van der Waals surface area contributed by atoms with Crippen LogP contribution in [0.5, 0.6) is 0 Å². The van der Waals surface area contributed by atoms with E-state index in [4.69, 9.17) is 0 Å². The van der Waals surface area contributed by atoms with Crippen molar-refractivity contribution in [3.05, 3.63) is 221 Å². The number of allylic oxidation sites excluding steroid dienone is 2. The molecule has 228 valence electrons. The molecule has 0 aromatic heterocycles. The average Bonchev–Trinajstić information content (AvgIpc) is 3.13. The molecule has 0 bridgehead atoms. The van der Waals surface area contributed by atoms with Gasteiger partial charge >= 0.3 is 0 Å². The first-order chi connectivity index (χ1) is 23.0. The van der Waals surface area contributed by atoms with E-state index < -0.39 is 11.4 Å². The number of nitriles is 1. The van der Waals surface area contributed by atoms with Gasteiger partial charge in [0.1, 0.15) is 17.7 Å². The molecule has 0 atom stereocenters. The van der Waals surface area contributed by atoms with Crippen molar-refractivity contribution >= 4 is 16.7 Å². The van der Waals surface area contributed by atoms with Gasteiger partial charge in [0.05, 0.1) is 16.8 Å². The summed E-state index contributed by atoms with van der Waals surface area (Å²) in [6.07, 6.45) is 0. The highest BCUT2D eigenvalue weighted by molar-refractivity contribution is 6.08. The number of hydrogen-bond donors (Lipinski definition) is 1. The van der Waals surface area contributed by atoms with Crippen molar-refractivity contribution in [2.24, 2.45) is 0 Å². The van der Waals surface area contributed by atoms with Crippen LogP contribution in [0, 0.1) is 23.0 Å². The SMILES string of the molecule is CC(N/C(C(=C(c1ccccc1)c1ccccc1)c1ccc(F)cc1)=C(/C#N)c1ccc(F)cc1)(c1ccccc1)c1ccccc1. The van der Waals surface area contributed by atoms with Crippen LogP contribution in [0.2, 0.25) is 0 Å². The van der Waals surface area contributed by atoms with Gasteiger partial charge in [-0.25, -0.2) is 8.78 Å². The van der Waals surface area contributed by atoms with E-state index in [1.807, 2.05) is 97.1 Å². The average molecular weight is 615 g/mol. The minimum atomic E-state index is -0.844. The highest BCUT2D eigenvalue weighted by Crippen LogP contribution is 2.42. The Morgan fingerprint density at radius 2 is 0.894 bits per heavy atom. The summed E-state index contributed by atoms with van der Waals surface area (Å²) in [7, 11) is 0. The summed E-state index contributed by atoms with van der Waals surface area (Å²) in [5.41, 5.74) is 6.54. The van der Waals surface area contributed by atoms with E-state index in [1.165, 1.54) is 24.3 Å². The van der Waals surface area contributed by atoms with E-state index in [0.717, 1.165) is 27.8 Å². The van der Waals surface area contributed by atoms with Crippen molar-refractivity contribution < 1.29 is 8.78 Å². The zero-order chi connectivity index (χ0) is 32.6. The van der Waals surface area contributed by atoms with Crippen LogP contribution in [-0.4, -0.2) is 0 Å². The molecule has 0 radical (unpaired) electrons. The molecule has 2 nitrogen and oxygen atoms in total. The lowest BCUT2D eigenvalue weighted by molar-refractivity contribution is 0.498. The van der Waals surface area contributed by atoms with Crippen LogP contribution in [0.15, 0.2) is 176 Å². The summed E-state index contributed by atoms with van der Waals surface area (Å²) in [5, 5.41) is 14.9. The summed E-state index contributed by atoms with van der Waals surface area (Å²) >= 11 is 0. The van der Waals surface area contributed by atoms with Crippen LogP contribution < -0.4 is 5.32 Å². The molecule has 1 N–H and O–H groups in total. The molecule has 0 aliphatic carbocycles. The standard InChI is InChI=1S/C43H32F2N2/c1-43(35-18-10-4-11-19-35,36-20-12-5-13-21-36)47-42(39(30-46)31-22-26-37(44)27-23-31)41(34-24-28-38(45)29-25-34)40(32-14-6-2-7-15-32)33-16-8-3-9-17-33/h2-29,47H,1H3/b42-39-. The Labute approximate surface area is 274 Å². The summed E-state index contributed by atoms with van der Waals surface area (Å²) in [5.74, 6) is -0.771. The summed E-state index contributed by atoms with van der Waals surface area (Å²) in [6, 6.07) is 54.8. The number of hydrogen-bond acceptors (Lipinski definition) is 2. The lowest BCUT2D eigenvalue weighted by Crippen LogP contribution is -2.41. The van der Waals surface area contributed by atoms with Gasteiger partial charge in [-0.1, -0.05) is 146 Å². The zero-order valence-corrected chi connectivity index (χ0v) is 25.9. The number of halogens is 2. The topological polar surface area (TPSA) is 35.8 Å². The van der Waals surface area contributed by atoms with Gasteiger partial charge in [0.25, 0.3) is 0 Å². The van der Waals surface area contributed by atoms with E-state index in [-0.39, 0.29) is 5.82 Å². The van der Waals surface area contributed by atoms with Crippen LogP contribution in [0.25, 0.3) is 16.7 Å². The second-order valence-electron chi connectivity index (χ2n) is 11.3. The molecule has 0 saturated heterocycles. The highest BCUT2D eigenvalue weighted by Gasteiger charge is 2.33. The predicted octanol–water partition coefficient (Wildman–Crippen LogP) is 10.4. The fraction of sp³-hybridized carbons (Fsp3) is 0.0465. The van der Waals surface area contributed by atoms with Gasteiger partial charge in [-0.15, -0.1) is 0 Å². The van der Waals surface area contributed by atoms with E-state index >= 15 is 0 Å². The third-order valence-corrected chi connectivity index (χ3v) is 8.33. The van der Waals surface area contributed by atoms with Crippen molar-refractivity contribution in [3.63, 3.8) is 0 Å². The Morgan fingerprint density at radius 3 is 1.30 bits per heavy atom. The van der Waals surface area contributed by atoms with Crippen molar-refractivity contribution in [2.75, 3.05) is 0 Å². The molecular weight excluding hydrogens is 582 g/mol. The van der Waals surface area contributed by atoms with Crippen LogP contribution in [-0.2, 0) is 5.54 Å². The molecule has 0 heterocycles. The highest BCUT2D eigenvalue weighted by atomic mass is 19.1. The predicted molar refractivity (Wildman–Crippen MR) is 187 cm³/mol. The minimum absolute atomic E-state index is 0.312. The first-order valence-corrected chi connectivity index (χ1v) is 15.4. The summed E-state index contributed by atoms with van der Waals surface area (Å²) in [6.45, 7) is 2.09. The van der Waals surface area contributed by atoms with Crippen LogP contribution in [0.4, 0.5) is 8.78 Å². The molecule has 0 unspecified atom stereocenters. The van der Waals surface area contributed by atoms with Crippen LogP contribution in [0.3, 0.4) is 0 Å². The number of nitrogens with one attached hydrogen (secondary N) is 1. The Balaban J connectivity index is 1.78. The third kappa shape index (κ3) is 6.66. The quantitative estimate of drug-likeness (QED) is 0.0999. The Bertz CT molecular complexity index is 1960. The number of nitrogens with zero attached hydrogens (tertiary/aromatic N) is 1. The van der Waals surface area contributed by atoms with Crippen molar-refractivity contribution in [3.8, 4) is 6.07 Å². The van der Waals surface area contributed by atoms with Crippen LogP contribution >= 0.6 is 0 Å². The molecular formula is C43H32F2N2. The first kappa shape index (κ1) is 31.0. The van der Waals surface area contributed by atoms with E-state index in [0.29, 0.717) is 28.0 Å². The fourth-order valence-electron chi connectivity index (χ4n) is 5.93. The molecule has 47 heavy (non-hydrogen) atoms. The molecule has 4 heteroatoms. The van der Waals surface area contributed by atoms with Gasteiger partial charge < -0.3 is 5.32 Å². The Hall–Kier alpha value is -6.05. The van der Waals surface area contributed by atoms with Gasteiger partial charge in [0.15, 0.2) is 0 Å². The molecule has 0 amide bonds. The van der Waals surface area contributed by atoms with Gasteiger partial charge in [0, 0.05) is 5.57 Å². The van der Waals surface area contributed by atoms with Gasteiger partial charge in [0.2, 0.25) is 0 Å². The molecule has 0 saturated carbocycles. The maximum atomic E-state index is 14.5. The second kappa shape index (κ2) is 13.9. The lowest BCUT2D eigenvalue weighted by atomic mass is 9.81. The molecule has 6 aromatic carbocycles. The number of benzene rings is 6. The molecule has 0 aliphatic rings. The first-order valence-electron chi connectivity index (χ1n) is 15.4. The van der Waals surface area contributed by atoms with Gasteiger partial charge in [-0.3, -0.25) is 0 Å². The van der Waals surface area contributed by atoms with Crippen molar-refractivity contribution in [2.45, 2.75) is 12.5 Å². The summed E-state index contributed by atoms with van der Waals surface area (Å²) in [4.78, 5) is 0. The van der Waals surface area contributed by atoms with Gasteiger partial charge in [-0.2, -0.15) is 5.26 Å². The Morgan fingerprint density at radius 1 is 0.511 bits per heavy atom. The lowest BCUT2D eigenvalue weighted by Gasteiger charge is -2.36. The van der Waals surface area contributed by atoms with Gasteiger partial charge in [-0.05, 0) is 70.1 Å². The minimum Gasteiger partial charge on any atom is -0.370 e.